The van der Waals surface area contributed by atoms with Crippen molar-refractivity contribution in [1.29, 1.82) is 0 Å². The standard InChI is InChI=1S/C13H18F2N2O/c1-2-10-3-5-11(6-4-10)7-12(18)17-9-13(14,15)8-16/h3-6H,2,7-9,16H2,1H3,(H,17,18). The lowest BCUT2D eigenvalue weighted by molar-refractivity contribution is -0.122. The maximum atomic E-state index is 12.8. The lowest BCUT2D eigenvalue weighted by Gasteiger charge is -2.14. The fourth-order valence-electron chi connectivity index (χ4n) is 1.44. The minimum Gasteiger partial charge on any atom is -0.350 e. The van der Waals surface area contributed by atoms with Gasteiger partial charge in [0.1, 0.15) is 0 Å². The van der Waals surface area contributed by atoms with Gasteiger partial charge in [-0.25, -0.2) is 8.78 Å². The molecular weight excluding hydrogens is 238 g/mol. The molecule has 0 aliphatic carbocycles. The van der Waals surface area contributed by atoms with Gasteiger partial charge in [0.25, 0.3) is 5.92 Å². The first-order valence-corrected chi connectivity index (χ1v) is 5.89. The summed E-state index contributed by atoms with van der Waals surface area (Å²) in [6.45, 7) is 0.560. The van der Waals surface area contributed by atoms with E-state index in [-0.39, 0.29) is 6.42 Å². The first kappa shape index (κ1) is 14.6. The van der Waals surface area contributed by atoms with Gasteiger partial charge >= 0.3 is 0 Å². The zero-order chi connectivity index (χ0) is 13.6. The zero-order valence-corrected chi connectivity index (χ0v) is 10.4. The average Bonchev–Trinajstić information content (AvgIpc) is 2.37. The quantitative estimate of drug-likeness (QED) is 0.810. The monoisotopic (exact) mass is 256 g/mol. The highest BCUT2D eigenvalue weighted by atomic mass is 19.3. The van der Waals surface area contributed by atoms with E-state index in [2.05, 4.69) is 5.32 Å². The largest absolute Gasteiger partial charge is 0.350 e. The number of alkyl halides is 2. The van der Waals surface area contributed by atoms with Crippen LogP contribution in [0.15, 0.2) is 24.3 Å². The van der Waals surface area contributed by atoms with E-state index in [9.17, 15) is 13.6 Å². The van der Waals surface area contributed by atoms with Gasteiger partial charge in [-0.1, -0.05) is 31.2 Å². The summed E-state index contributed by atoms with van der Waals surface area (Å²) in [5.74, 6) is -3.46. The number of benzene rings is 1. The molecule has 0 atom stereocenters. The molecule has 0 saturated carbocycles. The highest BCUT2D eigenvalue weighted by Gasteiger charge is 2.26. The molecule has 3 nitrogen and oxygen atoms in total. The summed E-state index contributed by atoms with van der Waals surface area (Å²) in [4.78, 5) is 11.4. The molecule has 0 unspecified atom stereocenters. The van der Waals surface area contributed by atoms with Crippen molar-refractivity contribution in [2.24, 2.45) is 5.73 Å². The van der Waals surface area contributed by atoms with E-state index < -0.39 is 24.9 Å². The molecule has 0 bridgehead atoms. The molecule has 0 aliphatic heterocycles. The second-order valence-corrected chi connectivity index (χ2v) is 4.18. The lowest BCUT2D eigenvalue weighted by atomic mass is 10.1. The molecule has 1 aromatic rings. The van der Waals surface area contributed by atoms with Gasteiger partial charge in [-0.15, -0.1) is 0 Å². The van der Waals surface area contributed by atoms with Crippen molar-refractivity contribution >= 4 is 5.91 Å². The van der Waals surface area contributed by atoms with Crippen LogP contribution in [0.2, 0.25) is 0 Å². The Morgan fingerprint density at radius 2 is 1.83 bits per heavy atom. The van der Waals surface area contributed by atoms with Crippen LogP contribution in [0.1, 0.15) is 18.1 Å². The van der Waals surface area contributed by atoms with Crippen LogP contribution in [0.3, 0.4) is 0 Å². The predicted octanol–water partition coefficient (Wildman–Crippen LogP) is 1.50. The van der Waals surface area contributed by atoms with Gasteiger partial charge in [0, 0.05) is 0 Å². The number of halogens is 2. The van der Waals surface area contributed by atoms with Crippen molar-refractivity contribution in [3.8, 4) is 0 Å². The van der Waals surface area contributed by atoms with Crippen molar-refractivity contribution in [3.63, 3.8) is 0 Å². The van der Waals surface area contributed by atoms with Crippen molar-refractivity contribution in [1.82, 2.24) is 5.32 Å². The van der Waals surface area contributed by atoms with Gasteiger partial charge in [-0.2, -0.15) is 0 Å². The van der Waals surface area contributed by atoms with Crippen LogP contribution in [0.4, 0.5) is 8.78 Å². The number of aryl methyl sites for hydroxylation is 1. The second-order valence-electron chi connectivity index (χ2n) is 4.18. The molecule has 0 spiro atoms. The molecule has 0 fully saturated rings. The lowest BCUT2D eigenvalue weighted by Crippen LogP contribution is -2.42. The van der Waals surface area contributed by atoms with Crippen molar-refractivity contribution in [2.45, 2.75) is 25.7 Å². The van der Waals surface area contributed by atoms with E-state index in [4.69, 9.17) is 5.73 Å². The molecule has 1 rings (SSSR count). The van der Waals surface area contributed by atoms with Gasteiger partial charge in [-0.3, -0.25) is 4.79 Å². The number of amides is 1. The fourth-order valence-corrected chi connectivity index (χ4v) is 1.44. The topological polar surface area (TPSA) is 55.1 Å². The van der Waals surface area contributed by atoms with Crippen LogP contribution in [0, 0.1) is 0 Å². The van der Waals surface area contributed by atoms with Crippen LogP contribution < -0.4 is 11.1 Å². The molecular formula is C13H18F2N2O. The molecule has 100 valence electrons. The summed E-state index contributed by atoms with van der Waals surface area (Å²) < 4.78 is 25.6. The molecule has 0 radical (unpaired) electrons. The first-order chi connectivity index (χ1) is 8.46. The summed E-state index contributed by atoms with van der Waals surface area (Å²) in [7, 11) is 0. The average molecular weight is 256 g/mol. The zero-order valence-electron chi connectivity index (χ0n) is 10.4. The Kier molecular flexibility index (Phi) is 5.22. The predicted molar refractivity (Wildman–Crippen MR) is 66.5 cm³/mol. The molecule has 0 saturated heterocycles. The van der Waals surface area contributed by atoms with Crippen LogP contribution >= 0.6 is 0 Å². The smallest absolute Gasteiger partial charge is 0.277 e. The number of carbonyl (C=O) groups is 1. The summed E-state index contributed by atoms with van der Waals surface area (Å²) in [5, 5.41) is 2.18. The first-order valence-electron chi connectivity index (χ1n) is 5.89. The van der Waals surface area contributed by atoms with E-state index >= 15 is 0 Å². The van der Waals surface area contributed by atoms with E-state index in [1.165, 1.54) is 5.56 Å². The molecule has 3 N–H and O–H groups in total. The van der Waals surface area contributed by atoms with Gasteiger partial charge in [0.05, 0.1) is 19.5 Å². The number of nitrogens with one attached hydrogen (secondary N) is 1. The van der Waals surface area contributed by atoms with Crippen molar-refractivity contribution < 1.29 is 13.6 Å². The normalized spacial score (nSPS) is 11.3. The summed E-state index contributed by atoms with van der Waals surface area (Å²) in [5.41, 5.74) is 6.86. The van der Waals surface area contributed by atoms with Crippen molar-refractivity contribution in [3.05, 3.63) is 35.4 Å². The Bertz CT molecular complexity index is 390. The Morgan fingerprint density at radius 3 is 2.33 bits per heavy atom. The van der Waals surface area contributed by atoms with Crippen molar-refractivity contribution in [2.75, 3.05) is 13.1 Å². The number of hydrogen-bond donors (Lipinski definition) is 2. The second kappa shape index (κ2) is 6.44. The number of rotatable bonds is 6. The molecule has 0 heterocycles. The molecule has 18 heavy (non-hydrogen) atoms. The molecule has 0 aliphatic rings. The minimum absolute atomic E-state index is 0.102. The number of nitrogens with two attached hydrogens (primary N) is 1. The van der Waals surface area contributed by atoms with Crippen LogP contribution in [0.25, 0.3) is 0 Å². The van der Waals surface area contributed by atoms with Crippen LogP contribution in [-0.4, -0.2) is 24.9 Å². The van der Waals surface area contributed by atoms with E-state index in [1.807, 2.05) is 31.2 Å². The Hall–Kier alpha value is -1.49. The van der Waals surface area contributed by atoms with Crippen LogP contribution in [-0.2, 0) is 17.6 Å². The van der Waals surface area contributed by atoms with Gasteiger partial charge < -0.3 is 11.1 Å². The van der Waals surface area contributed by atoms with Gasteiger partial charge in [-0.05, 0) is 17.5 Å². The van der Waals surface area contributed by atoms with Gasteiger partial charge in [0.15, 0.2) is 0 Å². The fraction of sp³-hybridized carbons (Fsp3) is 0.462. The van der Waals surface area contributed by atoms with E-state index in [1.54, 1.807) is 0 Å². The van der Waals surface area contributed by atoms with E-state index in [0.717, 1.165) is 12.0 Å². The summed E-state index contributed by atoms with van der Waals surface area (Å²) in [6, 6.07) is 7.52. The molecule has 5 heteroatoms. The third-order valence-corrected chi connectivity index (χ3v) is 2.64. The highest BCUT2D eigenvalue weighted by Crippen LogP contribution is 2.09. The maximum Gasteiger partial charge on any atom is 0.277 e. The van der Waals surface area contributed by atoms with Gasteiger partial charge in [0.2, 0.25) is 5.91 Å². The number of hydrogen-bond acceptors (Lipinski definition) is 2. The van der Waals surface area contributed by atoms with Crippen LogP contribution in [0.5, 0.6) is 0 Å². The Morgan fingerprint density at radius 1 is 1.28 bits per heavy atom. The Labute approximate surface area is 105 Å². The highest BCUT2D eigenvalue weighted by molar-refractivity contribution is 5.78. The number of carbonyl (C=O) groups excluding carboxylic acids is 1. The third-order valence-electron chi connectivity index (χ3n) is 2.64. The molecule has 0 aromatic heterocycles. The maximum absolute atomic E-state index is 12.8. The third kappa shape index (κ3) is 4.79. The molecule has 1 aromatic carbocycles. The Balaban J connectivity index is 2.44. The summed E-state index contributed by atoms with van der Waals surface area (Å²) >= 11 is 0. The molecule has 1 amide bonds. The van der Waals surface area contributed by atoms with E-state index in [0.29, 0.717) is 0 Å². The summed E-state index contributed by atoms with van der Waals surface area (Å²) in [6.07, 6.45) is 1.03. The SMILES string of the molecule is CCc1ccc(CC(=O)NCC(F)(F)CN)cc1. The minimum atomic E-state index is -3.04.